The molecule has 0 aliphatic heterocycles. The molecule has 35 heavy (non-hydrogen) atoms. The molecule has 3 aromatic rings. The minimum atomic E-state index is -4.86. The van der Waals surface area contributed by atoms with Crippen LogP contribution < -0.4 is 15.3 Å². The topological polar surface area (TPSA) is 72.5 Å². The fourth-order valence-corrected chi connectivity index (χ4v) is 7.52. The second kappa shape index (κ2) is 10.1. The molecule has 12 heteroatoms. The van der Waals surface area contributed by atoms with Crippen molar-refractivity contribution in [2.45, 2.75) is 31.8 Å². The predicted molar refractivity (Wildman–Crippen MR) is 133 cm³/mol. The van der Waals surface area contributed by atoms with Crippen LogP contribution in [0.25, 0.3) is 0 Å². The molecule has 0 amide bonds. The minimum absolute atomic E-state index is 0.00559. The molecule has 188 valence electrons. The van der Waals surface area contributed by atoms with Crippen LogP contribution in [0.15, 0.2) is 59.5 Å². The van der Waals surface area contributed by atoms with Crippen LogP contribution in [0, 0.1) is 13.8 Å². The monoisotopic (exact) mass is 565 g/mol. The van der Waals surface area contributed by atoms with E-state index in [4.69, 9.17) is 27.7 Å². The molecule has 0 radical (unpaired) electrons. The molecule has 0 fully saturated rings. The van der Waals surface area contributed by atoms with Crippen molar-refractivity contribution in [3.05, 3.63) is 81.3 Å². The van der Waals surface area contributed by atoms with Crippen LogP contribution in [0.3, 0.4) is 0 Å². The first-order valence-corrected chi connectivity index (χ1v) is 14.1. The molecule has 0 aliphatic carbocycles. The Bertz CT molecular complexity index is 1430. The van der Waals surface area contributed by atoms with Crippen molar-refractivity contribution in [3.8, 4) is 0 Å². The molecule has 3 rings (SSSR count). The highest BCUT2D eigenvalue weighted by molar-refractivity contribution is 7.92. The lowest BCUT2D eigenvalue weighted by molar-refractivity contribution is -0.137. The third-order valence-corrected chi connectivity index (χ3v) is 9.76. The van der Waals surface area contributed by atoms with Gasteiger partial charge in [0.15, 0.2) is 0 Å². The van der Waals surface area contributed by atoms with Crippen LogP contribution in [-0.4, -0.2) is 15.0 Å². The van der Waals surface area contributed by atoms with Gasteiger partial charge >= 0.3 is 6.18 Å². The molecule has 0 aliphatic rings. The van der Waals surface area contributed by atoms with Crippen molar-refractivity contribution in [1.82, 2.24) is 0 Å². The van der Waals surface area contributed by atoms with Gasteiger partial charge in [0.25, 0.3) is 17.4 Å². The van der Waals surface area contributed by atoms with Gasteiger partial charge in [0.1, 0.15) is 0 Å². The summed E-state index contributed by atoms with van der Waals surface area (Å²) >= 11 is 11.7. The van der Waals surface area contributed by atoms with Crippen molar-refractivity contribution in [2.24, 2.45) is 0 Å². The molecule has 5 nitrogen and oxygen atoms in total. The molecule has 1 N–H and O–H groups in total. The van der Waals surface area contributed by atoms with Gasteiger partial charge in [0.05, 0.1) is 33.1 Å². The third kappa shape index (κ3) is 5.87. The lowest BCUT2D eigenvalue weighted by Gasteiger charge is -2.24. The zero-order valence-corrected chi connectivity index (χ0v) is 22.0. The van der Waals surface area contributed by atoms with E-state index in [9.17, 15) is 26.2 Å². The van der Waals surface area contributed by atoms with Crippen LogP contribution in [0.4, 0.5) is 18.9 Å². The highest BCUT2D eigenvalue weighted by Crippen LogP contribution is 2.48. The van der Waals surface area contributed by atoms with E-state index in [1.54, 1.807) is 26.0 Å². The van der Waals surface area contributed by atoms with E-state index in [1.807, 2.05) is 13.0 Å². The summed E-state index contributed by atoms with van der Waals surface area (Å²) in [7, 11) is -8.43. The van der Waals surface area contributed by atoms with E-state index >= 15 is 0 Å². The Morgan fingerprint density at radius 3 is 2.29 bits per heavy atom. The van der Waals surface area contributed by atoms with Crippen LogP contribution in [0.2, 0.25) is 10.0 Å². The van der Waals surface area contributed by atoms with Crippen molar-refractivity contribution in [2.75, 3.05) is 11.3 Å². The molecular formula is C23H21Cl2F3NO4PS. The van der Waals surface area contributed by atoms with Crippen LogP contribution >= 0.6 is 30.6 Å². The highest BCUT2D eigenvalue weighted by atomic mass is 35.5. The SMILES string of the molecule is CCO[P@@](=O)(c1cc(C)ccc1C)c1ccc(Cl)cc1NS(=O)(=O)c1ccc(Cl)c(C(F)(F)F)c1. The first-order valence-electron chi connectivity index (χ1n) is 10.2. The van der Waals surface area contributed by atoms with Gasteiger partial charge in [0, 0.05) is 10.3 Å². The summed E-state index contributed by atoms with van der Waals surface area (Å²) in [4.78, 5) is -0.682. The molecular weight excluding hydrogens is 545 g/mol. The number of nitrogens with one attached hydrogen (secondary N) is 1. The lowest BCUT2D eigenvalue weighted by atomic mass is 10.2. The van der Waals surface area contributed by atoms with Gasteiger partial charge in [-0.05, 0) is 68.8 Å². The van der Waals surface area contributed by atoms with Crippen LogP contribution in [0.5, 0.6) is 0 Å². The van der Waals surface area contributed by atoms with Crippen molar-refractivity contribution in [3.63, 3.8) is 0 Å². The largest absolute Gasteiger partial charge is 0.417 e. The molecule has 0 saturated carbocycles. The van der Waals surface area contributed by atoms with E-state index in [0.717, 1.165) is 17.7 Å². The second-order valence-electron chi connectivity index (χ2n) is 7.67. The molecule has 0 spiro atoms. The van der Waals surface area contributed by atoms with Crippen LogP contribution in [0.1, 0.15) is 23.6 Å². The fraction of sp³-hybridized carbons (Fsp3) is 0.217. The van der Waals surface area contributed by atoms with Gasteiger partial charge in [-0.25, -0.2) is 8.42 Å². The summed E-state index contributed by atoms with van der Waals surface area (Å²) < 4.78 is 88.3. The zero-order valence-electron chi connectivity index (χ0n) is 18.8. The van der Waals surface area contributed by atoms with E-state index < -0.39 is 39.0 Å². The van der Waals surface area contributed by atoms with E-state index in [2.05, 4.69) is 4.72 Å². The number of alkyl halides is 3. The number of benzene rings is 3. The maximum atomic E-state index is 14.3. The molecule has 3 aromatic carbocycles. The Kier molecular flexibility index (Phi) is 7.99. The summed E-state index contributed by atoms with van der Waals surface area (Å²) in [6.07, 6.45) is -4.86. The average molecular weight is 566 g/mol. The van der Waals surface area contributed by atoms with E-state index in [0.29, 0.717) is 16.9 Å². The Morgan fingerprint density at radius 1 is 0.971 bits per heavy atom. The second-order valence-corrected chi connectivity index (χ2v) is 12.5. The molecule has 0 heterocycles. The third-order valence-electron chi connectivity index (χ3n) is 5.07. The number of rotatable bonds is 7. The lowest BCUT2D eigenvalue weighted by Crippen LogP contribution is -2.25. The van der Waals surface area contributed by atoms with Gasteiger partial charge in [-0.3, -0.25) is 9.29 Å². The fourth-order valence-electron chi connectivity index (χ4n) is 3.43. The summed E-state index contributed by atoms with van der Waals surface area (Å²) in [5.74, 6) is 0. The Labute approximate surface area is 211 Å². The molecule has 0 bridgehead atoms. The van der Waals surface area contributed by atoms with Gasteiger partial charge < -0.3 is 4.52 Å². The summed E-state index contributed by atoms with van der Waals surface area (Å²) in [5.41, 5.74) is -0.0199. The van der Waals surface area contributed by atoms with E-state index in [1.165, 1.54) is 18.2 Å². The standard InChI is InChI=1S/C23H21Cl2F3NO4PS/c1-4-33-34(30,22-11-14(2)5-6-15(22)3)21-10-7-16(24)12-20(21)29-35(31,32)17-8-9-19(25)18(13-17)23(26,27)28/h5-13,29H,4H2,1-3H3/t34-/m1/s1. The van der Waals surface area contributed by atoms with E-state index in [-0.39, 0.29) is 22.6 Å². The highest BCUT2D eigenvalue weighted by Gasteiger charge is 2.36. The summed E-state index contributed by atoms with van der Waals surface area (Å²) in [6, 6.07) is 11.5. The number of hydrogen-bond acceptors (Lipinski definition) is 4. The molecule has 0 aromatic heterocycles. The minimum Gasteiger partial charge on any atom is -0.322 e. The molecule has 0 saturated heterocycles. The first-order chi connectivity index (χ1) is 16.2. The Balaban J connectivity index is 2.19. The molecule has 0 unspecified atom stereocenters. The maximum absolute atomic E-state index is 14.3. The first kappa shape index (κ1) is 27.6. The van der Waals surface area contributed by atoms with Gasteiger partial charge in [-0.15, -0.1) is 0 Å². The maximum Gasteiger partial charge on any atom is 0.417 e. The van der Waals surface area contributed by atoms with Gasteiger partial charge in [-0.2, -0.15) is 13.2 Å². The van der Waals surface area contributed by atoms with Crippen LogP contribution in [-0.2, 0) is 25.3 Å². The number of sulfonamides is 1. The number of hydrogen-bond donors (Lipinski definition) is 1. The summed E-state index contributed by atoms with van der Waals surface area (Å²) in [6.45, 7) is 5.24. The number of aryl methyl sites for hydroxylation is 2. The number of halogens is 5. The Hall–Kier alpha value is -2.03. The van der Waals surface area contributed by atoms with Crippen molar-refractivity contribution < 1.29 is 30.7 Å². The van der Waals surface area contributed by atoms with Crippen molar-refractivity contribution >= 4 is 56.9 Å². The van der Waals surface area contributed by atoms with Gasteiger partial charge in [-0.1, -0.05) is 40.9 Å². The number of anilines is 1. The van der Waals surface area contributed by atoms with Gasteiger partial charge in [0.2, 0.25) is 0 Å². The normalized spacial score (nSPS) is 13.9. The predicted octanol–water partition coefficient (Wildman–Crippen LogP) is 6.70. The zero-order chi connectivity index (χ0) is 26.2. The molecule has 1 atom stereocenters. The summed E-state index contributed by atoms with van der Waals surface area (Å²) in [5, 5.41) is -0.155. The van der Waals surface area contributed by atoms with Crippen molar-refractivity contribution in [1.29, 1.82) is 0 Å². The average Bonchev–Trinajstić information content (AvgIpc) is 2.74. The smallest absolute Gasteiger partial charge is 0.322 e. The quantitative estimate of drug-likeness (QED) is 0.324. The Morgan fingerprint density at radius 2 is 1.66 bits per heavy atom.